The minimum atomic E-state index is -3.80. The summed E-state index contributed by atoms with van der Waals surface area (Å²) < 4.78 is 27.5. The van der Waals surface area contributed by atoms with Crippen molar-refractivity contribution in [2.24, 2.45) is 0 Å². The Morgan fingerprint density at radius 2 is 2.24 bits per heavy atom. The first-order chi connectivity index (χ1) is 9.83. The zero-order valence-electron chi connectivity index (χ0n) is 11.3. The molecule has 1 amide bonds. The number of thiophene rings is 1. The molecule has 7 nitrogen and oxygen atoms in total. The summed E-state index contributed by atoms with van der Waals surface area (Å²) in [5.41, 5.74) is 0.450. The second-order valence-electron chi connectivity index (χ2n) is 4.19. The van der Waals surface area contributed by atoms with E-state index in [9.17, 15) is 13.2 Å². The van der Waals surface area contributed by atoms with Gasteiger partial charge in [-0.1, -0.05) is 0 Å². The van der Waals surface area contributed by atoms with Gasteiger partial charge in [-0.05, 0) is 31.5 Å². The molecule has 0 aliphatic heterocycles. The summed E-state index contributed by atoms with van der Waals surface area (Å²) in [7, 11) is -3.80. The molecule has 1 atom stereocenters. The summed E-state index contributed by atoms with van der Waals surface area (Å²) in [5, 5.41) is 2.60. The van der Waals surface area contributed by atoms with Crippen LogP contribution in [-0.4, -0.2) is 36.9 Å². The van der Waals surface area contributed by atoms with Gasteiger partial charge in [0.2, 0.25) is 11.2 Å². The lowest BCUT2D eigenvalue weighted by Crippen LogP contribution is -2.44. The van der Waals surface area contributed by atoms with Gasteiger partial charge in [0.25, 0.3) is 10.0 Å². The molecule has 0 unspecified atom stereocenters. The van der Waals surface area contributed by atoms with Gasteiger partial charge in [-0.25, -0.2) is 18.4 Å². The number of hydrogen-bond donors (Lipinski definition) is 2. The first kappa shape index (κ1) is 16.1. The smallest absolute Gasteiger partial charge is 0.250 e. The number of nitrogens with zero attached hydrogens (tertiary/aromatic N) is 2. The van der Waals surface area contributed by atoms with Crippen molar-refractivity contribution < 1.29 is 13.2 Å². The molecule has 21 heavy (non-hydrogen) atoms. The molecule has 0 spiro atoms. The van der Waals surface area contributed by atoms with Crippen LogP contribution < -0.4 is 10.0 Å². The van der Waals surface area contributed by atoms with Gasteiger partial charge in [0, 0.05) is 12.7 Å². The van der Waals surface area contributed by atoms with Gasteiger partial charge in [-0.3, -0.25) is 4.79 Å². The van der Waals surface area contributed by atoms with Crippen LogP contribution in [0, 0.1) is 0 Å². The highest BCUT2D eigenvalue weighted by Gasteiger charge is 2.24. The van der Waals surface area contributed by atoms with Crippen molar-refractivity contribution in [1.82, 2.24) is 20.0 Å². The van der Waals surface area contributed by atoms with Crippen LogP contribution in [0.25, 0.3) is 10.2 Å². The van der Waals surface area contributed by atoms with Gasteiger partial charge in [0.1, 0.15) is 4.21 Å². The summed E-state index contributed by atoms with van der Waals surface area (Å²) in [4.78, 5) is 19.3. The van der Waals surface area contributed by atoms with E-state index in [0.29, 0.717) is 16.8 Å². The maximum atomic E-state index is 12.2. The summed E-state index contributed by atoms with van der Waals surface area (Å²) in [6, 6.07) is 0.537. The molecule has 0 aromatic carbocycles. The van der Waals surface area contributed by atoms with E-state index in [0.717, 1.165) is 11.3 Å². The fraction of sp³-hybridized carbons (Fsp3) is 0.364. The molecular formula is C11H13ClN4O3S2. The van der Waals surface area contributed by atoms with Crippen LogP contribution in [0.5, 0.6) is 0 Å². The highest BCUT2D eigenvalue weighted by molar-refractivity contribution is 7.91. The first-order valence-electron chi connectivity index (χ1n) is 6.05. The number of hydrogen-bond acceptors (Lipinski definition) is 6. The third-order valence-corrected chi connectivity index (χ3v) is 5.81. The van der Waals surface area contributed by atoms with Gasteiger partial charge in [0.05, 0.1) is 16.3 Å². The van der Waals surface area contributed by atoms with E-state index >= 15 is 0 Å². The van der Waals surface area contributed by atoms with Crippen molar-refractivity contribution in [1.29, 1.82) is 0 Å². The van der Waals surface area contributed by atoms with Gasteiger partial charge in [-0.15, -0.1) is 11.3 Å². The maximum absolute atomic E-state index is 12.2. The Kier molecular flexibility index (Phi) is 4.77. The van der Waals surface area contributed by atoms with Crippen LogP contribution in [0.2, 0.25) is 5.28 Å². The van der Waals surface area contributed by atoms with Crippen molar-refractivity contribution in [3.05, 3.63) is 17.5 Å². The molecule has 2 N–H and O–H groups in total. The lowest BCUT2D eigenvalue weighted by Gasteiger charge is -2.12. The first-order valence-corrected chi connectivity index (χ1v) is 8.73. The van der Waals surface area contributed by atoms with Gasteiger partial charge >= 0.3 is 0 Å². The summed E-state index contributed by atoms with van der Waals surface area (Å²) in [5.74, 6) is -0.384. The third kappa shape index (κ3) is 3.67. The predicted molar refractivity (Wildman–Crippen MR) is 80.9 cm³/mol. The molecule has 0 bridgehead atoms. The SMILES string of the molecule is CCNC(=O)[C@@H](C)NS(=O)(=O)c1cc2nc(Cl)ncc2s1. The maximum Gasteiger partial charge on any atom is 0.250 e. The number of rotatable bonds is 5. The van der Waals surface area contributed by atoms with Crippen LogP contribution in [0.15, 0.2) is 16.5 Å². The Hall–Kier alpha value is -1.29. The fourth-order valence-electron chi connectivity index (χ4n) is 1.60. The Morgan fingerprint density at radius 1 is 1.52 bits per heavy atom. The number of carbonyl (C=O) groups excluding carboxylic acids is 1. The number of likely N-dealkylation sites (N-methyl/N-ethyl adjacent to an activating group) is 1. The minimum Gasteiger partial charge on any atom is -0.355 e. The highest BCUT2D eigenvalue weighted by atomic mass is 35.5. The minimum absolute atomic E-state index is 0.0490. The molecular weight excluding hydrogens is 336 g/mol. The highest BCUT2D eigenvalue weighted by Crippen LogP contribution is 2.27. The Bertz CT molecular complexity index is 775. The Morgan fingerprint density at radius 3 is 2.90 bits per heavy atom. The number of carbonyl (C=O) groups is 1. The Labute approximate surface area is 130 Å². The topological polar surface area (TPSA) is 101 Å². The molecule has 0 saturated heterocycles. The monoisotopic (exact) mass is 348 g/mol. The van der Waals surface area contributed by atoms with Gasteiger partial charge in [0.15, 0.2) is 0 Å². The average Bonchev–Trinajstić information content (AvgIpc) is 2.82. The standard InChI is InChI=1S/C11H13ClN4O3S2/c1-3-13-10(17)6(2)16-21(18,19)9-4-7-8(20-9)5-14-11(12)15-7/h4-6,16H,3H2,1-2H3,(H,13,17)/t6-/m1/s1. The molecule has 0 radical (unpaired) electrons. The molecule has 0 aliphatic carbocycles. The number of sulfonamides is 1. The van der Waals surface area contributed by atoms with Crippen molar-refractivity contribution >= 4 is 49.1 Å². The van der Waals surface area contributed by atoms with Gasteiger partial charge < -0.3 is 5.32 Å². The lowest BCUT2D eigenvalue weighted by molar-refractivity contribution is -0.122. The number of aromatic nitrogens is 2. The second kappa shape index (κ2) is 6.22. The van der Waals surface area contributed by atoms with E-state index in [2.05, 4.69) is 20.0 Å². The third-order valence-electron chi connectivity index (χ3n) is 2.56. The predicted octanol–water partition coefficient (Wildman–Crippen LogP) is 1.15. The largest absolute Gasteiger partial charge is 0.355 e. The number of fused-ring (bicyclic) bond motifs is 1. The summed E-state index contributed by atoms with van der Waals surface area (Å²) in [6.45, 7) is 3.67. The van der Waals surface area contributed by atoms with Crippen LogP contribution in [0.1, 0.15) is 13.8 Å². The number of nitrogens with one attached hydrogen (secondary N) is 2. The van der Waals surface area contributed by atoms with Gasteiger partial charge in [-0.2, -0.15) is 4.72 Å². The number of halogens is 1. The molecule has 2 heterocycles. The molecule has 114 valence electrons. The van der Waals surface area contributed by atoms with Crippen molar-refractivity contribution in [3.63, 3.8) is 0 Å². The van der Waals surface area contributed by atoms with Crippen molar-refractivity contribution in [3.8, 4) is 0 Å². The fourth-order valence-corrected chi connectivity index (χ4v) is 4.25. The van der Waals surface area contributed by atoms with E-state index in [1.165, 1.54) is 19.2 Å². The molecule has 0 fully saturated rings. The summed E-state index contributed by atoms with van der Waals surface area (Å²) >= 11 is 6.68. The van der Waals surface area contributed by atoms with E-state index in [1.54, 1.807) is 6.92 Å². The van der Waals surface area contributed by atoms with E-state index < -0.39 is 16.1 Å². The van der Waals surface area contributed by atoms with E-state index in [-0.39, 0.29) is 15.4 Å². The molecule has 0 saturated carbocycles. The molecule has 2 aromatic heterocycles. The van der Waals surface area contributed by atoms with Crippen molar-refractivity contribution in [2.75, 3.05) is 6.54 Å². The second-order valence-corrected chi connectivity index (χ2v) is 7.55. The molecule has 0 aliphatic rings. The van der Waals surface area contributed by atoms with Crippen LogP contribution in [0.4, 0.5) is 0 Å². The van der Waals surface area contributed by atoms with Crippen LogP contribution in [-0.2, 0) is 14.8 Å². The van der Waals surface area contributed by atoms with Crippen molar-refractivity contribution in [2.45, 2.75) is 24.1 Å². The molecule has 2 aromatic rings. The van der Waals surface area contributed by atoms with E-state index in [4.69, 9.17) is 11.6 Å². The summed E-state index contributed by atoms with van der Waals surface area (Å²) in [6.07, 6.45) is 1.46. The number of amides is 1. The normalized spacial score (nSPS) is 13.3. The average molecular weight is 349 g/mol. The van der Waals surface area contributed by atoms with E-state index in [1.807, 2.05) is 0 Å². The zero-order chi connectivity index (χ0) is 15.6. The Balaban J connectivity index is 2.27. The quantitative estimate of drug-likeness (QED) is 0.789. The molecule has 10 heteroatoms. The molecule has 2 rings (SSSR count). The lowest BCUT2D eigenvalue weighted by atomic mass is 10.3. The van der Waals surface area contributed by atoms with Crippen LogP contribution in [0.3, 0.4) is 0 Å². The van der Waals surface area contributed by atoms with Crippen LogP contribution >= 0.6 is 22.9 Å². The zero-order valence-corrected chi connectivity index (χ0v) is 13.6.